The summed E-state index contributed by atoms with van der Waals surface area (Å²) in [6.07, 6.45) is 7.75. The summed E-state index contributed by atoms with van der Waals surface area (Å²) in [7, 11) is 0. The van der Waals surface area contributed by atoms with Crippen molar-refractivity contribution in [2.45, 2.75) is 64.9 Å². The Morgan fingerprint density at radius 2 is 1.71 bits per heavy atom. The molecule has 4 heteroatoms. The fraction of sp³-hybridized carbons (Fsp3) is 0.941. The molecule has 21 heavy (non-hydrogen) atoms. The van der Waals surface area contributed by atoms with Crippen LogP contribution in [0.5, 0.6) is 0 Å². The Labute approximate surface area is 129 Å². The zero-order chi connectivity index (χ0) is 15.3. The summed E-state index contributed by atoms with van der Waals surface area (Å²) in [6, 6.07) is 0. The van der Waals surface area contributed by atoms with Gasteiger partial charge in [0.05, 0.1) is 0 Å². The van der Waals surface area contributed by atoms with E-state index in [0.717, 1.165) is 38.5 Å². The zero-order valence-electron chi connectivity index (χ0n) is 14.0. The van der Waals surface area contributed by atoms with E-state index >= 15 is 0 Å². The van der Waals surface area contributed by atoms with Gasteiger partial charge in [0.2, 0.25) is 0 Å². The number of ether oxygens (including phenoxy) is 1. The minimum atomic E-state index is -0.398. The van der Waals surface area contributed by atoms with E-state index in [4.69, 9.17) is 4.74 Å². The Morgan fingerprint density at radius 3 is 2.38 bits per heavy atom. The van der Waals surface area contributed by atoms with Gasteiger partial charge in [0.1, 0.15) is 5.60 Å². The molecule has 1 aliphatic carbocycles. The van der Waals surface area contributed by atoms with Gasteiger partial charge in [-0.1, -0.05) is 12.8 Å². The Balaban J connectivity index is 1.68. The maximum atomic E-state index is 12.1. The number of nitrogens with one attached hydrogen (secondary N) is 1. The summed E-state index contributed by atoms with van der Waals surface area (Å²) in [5.41, 5.74) is -0.398. The first-order valence-electron chi connectivity index (χ1n) is 8.63. The summed E-state index contributed by atoms with van der Waals surface area (Å²) in [4.78, 5) is 14.0. The standard InChI is InChI=1S/C17H32N2O2/c1-17(2,3)21-16(20)19-10-6-9-15(13-19)12-18-11-14-7-4-5-8-14/h14-15,18H,4-13H2,1-3H3. The van der Waals surface area contributed by atoms with Crippen molar-refractivity contribution < 1.29 is 9.53 Å². The van der Waals surface area contributed by atoms with Gasteiger partial charge in [-0.05, 0) is 71.4 Å². The van der Waals surface area contributed by atoms with E-state index in [9.17, 15) is 4.79 Å². The lowest BCUT2D eigenvalue weighted by Crippen LogP contribution is -2.45. The van der Waals surface area contributed by atoms with Crippen LogP contribution in [0, 0.1) is 11.8 Å². The lowest BCUT2D eigenvalue weighted by atomic mass is 9.98. The summed E-state index contributed by atoms with van der Waals surface area (Å²) < 4.78 is 5.48. The Hall–Kier alpha value is -0.770. The highest BCUT2D eigenvalue weighted by atomic mass is 16.6. The molecule has 1 saturated carbocycles. The maximum absolute atomic E-state index is 12.1. The van der Waals surface area contributed by atoms with Crippen molar-refractivity contribution in [1.82, 2.24) is 10.2 Å². The molecule has 0 radical (unpaired) electrons. The third-order valence-corrected chi connectivity index (χ3v) is 4.51. The van der Waals surface area contributed by atoms with Crippen molar-refractivity contribution in [2.24, 2.45) is 11.8 Å². The molecule has 1 heterocycles. The molecule has 2 fully saturated rings. The lowest BCUT2D eigenvalue weighted by molar-refractivity contribution is 0.0166. The third kappa shape index (κ3) is 5.85. The summed E-state index contributed by atoms with van der Waals surface area (Å²) >= 11 is 0. The summed E-state index contributed by atoms with van der Waals surface area (Å²) in [5.74, 6) is 1.46. The molecule has 0 aromatic carbocycles. The van der Waals surface area contributed by atoms with Crippen molar-refractivity contribution in [2.75, 3.05) is 26.2 Å². The van der Waals surface area contributed by atoms with Crippen LogP contribution < -0.4 is 5.32 Å². The second-order valence-corrected chi connectivity index (χ2v) is 7.74. The first kappa shape index (κ1) is 16.6. The number of hydrogen-bond acceptors (Lipinski definition) is 3. The molecule has 2 rings (SSSR count). The molecule has 1 aliphatic heterocycles. The Bertz CT molecular complexity index is 332. The van der Waals surface area contributed by atoms with Crippen molar-refractivity contribution in [3.05, 3.63) is 0 Å². The van der Waals surface area contributed by atoms with Crippen LogP contribution in [0.15, 0.2) is 0 Å². The number of piperidine rings is 1. The molecular weight excluding hydrogens is 264 g/mol. The van der Waals surface area contributed by atoms with Crippen LogP contribution in [0.3, 0.4) is 0 Å². The Kier molecular flexibility index (Phi) is 5.91. The predicted molar refractivity (Wildman–Crippen MR) is 85.4 cm³/mol. The van der Waals surface area contributed by atoms with Gasteiger partial charge in [0, 0.05) is 13.1 Å². The lowest BCUT2D eigenvalue weighted by Gasteiger charge is -2.34. The number of likely N-dealkylation sites (tertiary alicyclic amines) is 1. The van der Waals surface area contributed by atoms with E-state index in [2.05, 4.69) is 5.32 Å². The fourth-order valence-corrected chi connectivity index (χ4v) is 3.43. The molecule has 4 nitrogen and oxygen atoms in total. The second kappa shape index (κ2) is 7.48. The van der Waals surface area contributed by atoms with Crippen LogP contribution in [0.25, 0.3) is 0 Å². The first-order chi connectivity index (χ1) is 9.94. The maximum Gasteiger partial charge on any atom is 0.410 e. The van der Waals surface area contributed by atoms with Gasteiger partial charge in [0.15, 0.2) is 0 Å². The van der Waals surface area contributed by atoms with Gasteiger partial charge in [0.25, 0.3) is 0 Å². The average molecular weight is 296 g/mol. The molecule has 1 atom stereocenters. The van der Waals surface area contributed by atoms with Crippen LogP contribution in [0.4, 0.5) is 4.79 Å². The number of carbonyl (C=O) groups is 1. The minimum absolute atomic E-state index is 0.150. The number of carbonyl (C=O) groups excluding carboxylic acids is 1. The third-order valence-electron chi connectivity index (χ3n) is 4.51. The van der Waals surface area contributed by atoms with E-state index in [1.165, 1.54) is 32.1 Å². The minimum Gasteiger partial charge on any atom is -0.444 e. The predicted octanol–water partition coefficient (Wildman–Crippen LogP) is 3.41. The highest BCUT2D eigenvalue weighted by Crippen LogP contribution is 2.24. The molecule has 0 spiro atoms. The normalized spacial score (nSPS) is 24.3. The van der Waals surface area contributed by atoms with Crippen molar-refractivity contribution in [3.8, 4) is 0 Å². The summed E-state index contributed by atoms with van der Waals surface area (Å²) in [6.45, 7) is 9.65. The van der Waals surface area contributed by atoms with Crippen LogP contribution in [-0.2, 0) is 4.74 Å². The van der Waals surface area contributed by atoms with Crippen molar-refractivity contribution >= 4 is 6.09 Å². The van der Waals surface area contributed by atoms with E-state index in [1.54, 1.807) is 0 Å². The molecule has 1 saturated heterocycles. The van der Waals surface area contributed by atoms with Crippen LogP contribution in [0.1, 0.15) is 59.3 Å². The highest BCUT2D eigenvalue weighted by molar-refractivity contribution is 5.68. The number of rotatable bonds is 4. The van der Waals surface area contributed by atoms with E-state index in [-0.39, 0.29) is 6.09 Å². The molecule has 0 aromatic heterocycles. The van der Waals surface area contributed by atoms with Crippen LogP contribution in [0.2, 0.25) is 0 Å². The van der Waals surface area contributed by atoms with Crippen LogP contribution >= 0.6 is 0 Å². The van der Waals surface area contributed by atoms with Crippen LogP contribution in [-0.4, -0.2) is 42.8 Å². The zero-order valence-corrected chi connectivity index (χ0v) is 14.0. The second-order valence-electron chi connectivity index (χ2n) is 7.74. The smallest absolute Gasteiger partial charge is 0.410 e. The average Bonchev–Trinajstić information content (AvgIpc) is 2.90. The quantitative estimate of drug-likeness (QED) is 0.864. The van der Waals surface area contributed by atoms with Gasteiger partial charge in [-0.15, -0.1) is 0 Å². The molecular formula is C17H32N2O2. The first-order valence-corrected chi connectivity index (χ1v) is 8.63. The monoisotopic (exact) mass is 296 g/mol. The van der Waals surface area contributed by atoms with Gasteiger partial charge in [-0.3, -0.25) is 0 Å². The molecule has 1 unspecified atom stereocenters. The van der Waals surface area contributed by atoms with E-state index in [0.29, 0.717) is 5.92 Å². The number of nitrogens with zero attached hydrogens (tertiary/aromatic N) is 1. The van der Waals surface area contributed by atoms with Crippen molar-refractivity contribution in [3.63, 3.8) is 0 Å². The molecule has 2 aliphatic rings. The van der Waals surface area contributed by atoms with Gasteiger partial charge in [-0.2, -0.15) is 0 Å². The van der Waals surface area contributed by atoms with Gasteiger partial charge < -0.3 is 15.0 Å². The topological polar surface area (TPSA) is 41.6 Å². The van der Waals surface area contributed by atoms with Crippen molar-refractivity contribution in [1.29, 1.82) is 0 Å². The van der Waals surface area contributed by atoms with E-state index in [1.807, 2.05) is 25.7 Å². The Morgan fingerprint density at radius 1 is 1.10 bits per heavy atom. The number of amides is 1. The molecule has 1 N–H and O–H groups in total. The number of hydrogen-bond donors (Lipinski definition) is 1. The highest BCUT2D eigenvalue weighted by Gasteiger charge is 2.27. The molecule has 1 amide bonds. The summed E-state index contributed by atoms with van der Waals surface area (Å²) in [5, 5.41) is 3.63. The van der Waals surface area contributed by atoms with Gasteiger partial charge >= 0.3 is 6.09 Å². The fourth-order valence-electron chi connectivity index (χ4n) is 3.43. The van der Waals surface area contributed by atoms with Gasteiger partial charge in [-0.25, -0.2) is 4.79 Å². The SMILES string of the molecule is CC(C)(C)OC(=O)N1CCCC(CNCC2CCCC2)C1. The van der Waals surface area contributed by atoms with E-state index < -0.39 is 5.60 Å². The largest absolute Gasteiger partial charge is 0.444 e. The molecule has 122 valence electrons. The molecule has 0 bridgehead atoms. The molecule has 0 aromatic rings.